The Labute approximate surface area is 206 Å². The van der Waals surface area contributed by atoms with Gasteiger partial charge < -0.3 is 9.47 Å². The first-order valence-corrected chi connectivity index (χ1v) is 11.6. The molecule has 4 aromatic rings. The van der Waals surface area contributed by atoms with Crippen molar-refractivity contribution in [1.29, 1.82) is 0 Å². The second-order valence-corrected chi connectivity index (χ2v) is 8.97. The zero-order valence-corrected chi connectivity index (χ0v) is 18.9. The third-order valence-electron chi connectivity index (χ3n) is 6.92. The van der Waals surface area contributed by atoms with Gasteiger partial charge in [0, 0.05) is 0 Å². The van der Waals surface area contributed by atoms with Gasteiger partial charge in [-0.05, 0) is 70.8 Å². The smallest absolute Gasteiger partial charge is 0.338 e. The van der Waals surface area contributed by atoms with Gasteiger partial charge in [-0.25, -0.2) is 18.4 Å². The molecule has 36 heavy (non-hydrogen) atoms. The average molecular weight is 482 g/mol. The van der Waals surface area contributed by atoms with Crippen LogP contribution in [0.4, 0.5) is 8.78 Å². The maximum absolute atomic E-state index is 14.4. The fourth-order valence-electron chi connectivity index (χ4n) is 5.42. The monoisotopic (exact) mass is 482 g/mol. The van der Waals surface area contributed by atoms with Crippen LogP contribution in [0.2, 0.25) is 0 Å². The minimum Gasteiger partial charge on any atom is -0.454 e. The summed E-state index contributed by atoms with van der Waals surface area (Å²) in [5.74, 6) is -3.36. The maximum atomic E-state index is 14.4. The highest BCUT2D eigenvalue weighted by Crippen LogP contribution is 2.55. The van der Waals surface area contributed by atoms with Crippen LogP contribution in [0.3, 0.4) is 0 Å². The van der Waals surface area contributed by atoms with Crippen LogP contribution in [0.25, 0.3) is 0 Å². The summed E-state index contributed by atoms with van der Waals surface area (Å²) in [5, 5.41) is 0. The van der Waals surface area contributed by atoms with E-state index in [0.29, 0.717) is 22.3 Å². The second-order valence-electron chi connectivity index (χ2n) is 8.97. The number of carbonyl (C=O) groups excluding carboxylic acids is 2. The molecule has 178 valence electrons. The molecule has 7 rings (SSSR count). The van der Waals surface area contributed by atoms with Crippen LogP contribution in [0, 0.1) is 11.6 Å². The number of rotatable bonds is 4. The molecule has 2 unspecified atom stereocenters. The van der Waals surface area contributed by atoms with Gasteiger partial charge in [-0.1, -0.05) is 48.5 Å². The summed E-state index contributed by atoms with van der Waals surface area (Å²) in [6, 6.07) is 25.8. The van der Waals surface area contributed by atoms with Crippen molar-refractivity contribution in [1.82, 2.24) is 0 Å². The van der Waals surface area contributed by atoms with Crippen molar-refractivity contribution in [3.8, 4) is 0 Å². The summed E-state index contributed by atoms with van der Waals surface area (Å²) in [7, 11) is 0. The molecule has 0 spiro atoms. The van der Waals surface area contributed by atoms with Crippen molar-refractivity contribution in [3.05, 3.63) is 142 Å². The fourth-order valence-corrected chi connectivity index (χ4v) is 5.42. The Morgan fingerprint density at radius 1 is 0.528 bits per heavy atom. The minimum atomic E-state index is -0.987. The normalized spacial score (nSPS) is 21.3. The molecule has 0 radical (unpaired) electrons. The Morgan fingerprint density at radius 2 is 0.917 bits per heavy atom. The van der Waals surface area contributed by atoms with Crippen molar-refractivity contribution >= 4 is 11.9 Å². The van der Waals surface area contributed by atoms with Gasteiger partial charge in [0.15, 0.2) is 12.2 Å². The predicted molar refractivity (Wildman–Crippen MR) is 128 cm³/mol. The number of esters is 2. The van der Waals surface area contributed by atoms with E-state index in [-0.39, 0.29) is 0 Å². The first-order chi connectivity index (χ1) is 17.5. The van der Waals surface area contributed by atoms with Crippen LogP contribution in [0.15, 0.2) is 97.1 Å². The van der Waals surface area contributed by atoms with Gasteiger partial charge >= 0.3 is 11.9 Å². The molecule has 0 fully saturated rings. The molecule has 3 aliphatic rings. The SMILES string of the molecule is O=C(OC1C2c3ccc(F)cc3C(c3cc(F)ccc32)C1OC(=O)c1ccccc1)c1ccccc1. The molecule has 0 amide bonds. The van der Waals surface area contributed by atoms with Crippen LogP contribution in [0.1, 0.15) is 54.8 Å². The van der Waals surface area contributed by atoms with Crippen LogP contribution in [-0.2, 0) is 9.47 Å². The molecule has 0 aliphatic heterocycles. The Kier molecular flexibility index (Phi) is 5.37. The molecule has 4 nitrogen and oxygen atoms in total. The molecule has 4 aromatic carbocycles. The maximum Gasteiger partial charge on any atom is 0.338 e. The quantitative estimate of drug-likeness (QED) is 0.335. The lowest BCUT2D eigenvalue weighted by atomic mass is 9.61. The topological polar surface area (TPSA) is 52.6 Å². The number of benzene rings is 4. The van der Waals surface area contributed by atoms with Gasteiger partial charge in [-0.3, -0.25) is 0 Å². The molecule has 0 saturated carbocycles. The Balaban J connectivity index is 1.49. The summed E-state index contributed by atoms with van der Waals surface area (Å²) < 4.78 is 40.8. The number of hydrogen-bond acceptors (Lipinski definition) is 4. The van der Waals surface area contributed by atoms with Gasteiger partial charge in [0.2, 0.25) is 0 Å². The Morgan fingerprint density at radius 3 is 1.33 bits per heavy atom. The van der Waals surface area contributed by atoms with E-state index in [9.17, 15) is 18.4 Å². The van der Waals surface area contributed by atoms with E-state index in [2.05, 4.69) is 0 Å². The van der Waals surface area contributed by atoms with Crippen molar-refractivity contribution in [3.63, 3.8) is 0 Å². The van der Waals surface area contributed by atoms with Gasteiger partial charge in [0.05, 0.1) is 23.0 Å². The number of carbonyl (C=O) groups is 2. The van der Waals surface area contributed by atoms with Crippen molar-refractivity contribution in [2.45, 2.75) is 24.0 Å². The molecule has 0 heterocycles. The lowest BCUT2D eigenvalue weighted by Crippen LogP contribution is -2.51. The van der Waals surface area contributed by atoms with E-state index in [0.717, 1.165) is 11.1 Å². The predicted octanol–water partition coefficient (Wildman–Crippen LogP) is 6.01. The molecule has 0 saturated heterocycles. The molecular weight excluding hydrogens is 462 g/mol. The summed E-state index contributed by atoms with van der Waals surface area (Å²) in [4.78, 5) is 26.3. The first-order valence-electron chi connectivity index (χ1n) is 11.6. The summed E-state index contributed by atoms with van der Waals surface area (Å²) in [6.45, 7) is 0. The Bertz CT molecular complexity index is 1420. The summed E-state index contributed by atoms with van der Waals surface area (Å²) in [6.07, 6.45) is -1.88. The zero-order chi connectivity index (χ0) is 24.8. The number of halogens is 2. The molecule has 2 bridgehead atoms. The second kappa shape index (κ2) is 8.72. The van der Waals surface area contributed by atoms with Gasteiger partial charge in [-0.15, -0.1) is 0 Å². The van der Waals surface area contributed by atoms with Crippen LogP contribution >= 0.6 is 0 Å². The third-order valence-corrected chi connectivity index (χ3v) is 6.92. The van der Waals surface area contributed by atoms with Crippen LogP contribution < -0.4 is 0 Å². The lowest BCUT2D eigenvalue weighted by Gasteiger charge is -2.49. The van der Waals surface area contributed by atoms with E-state index in [1.807, 2.05) is 0 Å². The number of fused-ring (bicyclic) bond motifs is 1. The summed E-state index contributed by atoms with van der Waals surface area (Å²) >= 11 is 0. The van der Waals surface area contributed by atoms with E-state index < -0.39 is 47.6 Å². The third kappa shape index (κ3) is 3.66. The number of ether oxygens (including phenoxy) is 2. The first kappa shape index (κ1) is 22.2. The Hall–Kier alpha value is -4.32. The van der Waals surface area contributed by atoms with Crippen molar-refractivity contribution < 1.29 is 27.8 Å². The minimum absolute atomic E-state index is 0.325. The van der Waals surface area contributed by atoms with Gasteiger partial charge in [0.25, 0.3) is 0 Å². The van der Waals surface area contributed by atoms with Gasteiger partial charge in [0.1, 0.15) is 11.6 Å². The zero-order valence-electron chi connectivity index (χ0n) is 18.9. The van der Waals surface area contributed by atoms with E-state index in [4.69, 9.17) is 9.47 Å². The van der Waals surface area contributed by atoms with Crippen molar-refractivity contribution in [2.24, 2.45) is 0 Å². The highest BCUT2D eigenvalue weighted by molar-refractivity contribution is 5.90. The molecule has 2 atom stereocenters. The molecular formula is C30H20F2O4. The van der Waals surface area contributed by atoms with Crippen molar-refractivity contribution in [2.75, 3.05) is 0 Å². The van der Waals surface area contributed by atoms with Crippen LogP contribution in [-0.4, -0.2) is 24.1 Å². The van der Waals surface area contributed by atoms with E-state index >= 15 is 0 Å². The molecule has 0 aromatic heterocycles. The summed E-state index contributed by atoms with van der Waals surface area (Å²) in [5.41, 5.74) is 3.39. The highest BCUT2D eigenvalue weighted by Gasteiger charge is 2.54. The number of hydrogen-bond donors (Lipinski definition) is 0. The van der Waals surface area contributed by atoms with Gasteiger partial charge in [-0.2, -0.15) is 0 Å². The standard InChI is InChI=1S/C30H20F2O4/c31-19-11-13-21-23(15-19)26-24-16-20(32)12-14-22(24)25(21)27(35-29(33)17-7-3-1-4-8-17)28(26)36-30(34)18-9-5-2-6-10-18/h1-16,25-28H. The van der Waals surface area contributed by atoms with Crippen LogP contribution in [0.5, 0.6) is 0 Å². The molecule has 3 aliphatic carbocycles. The lowest BCUT2D eigenvalue weighted by molar-refractivity contribution is -0.0558. The molecule has 0 N–H and O–H groups in total. The fraction of sp³-hybridized carbons (Fsp3) is 0.133. The van der Waals surface area contributed by atoms with E-state index in [1.54, 1.807) is 72.8 Å². The molecule has 6 heteroatoms. The van der Waals surface area contributed by atoms with E-state index in [1.165, 1.54) is 24.3 Å². The average Bonchev–Trinajstić information content (AvgIpc) is 2.90. The highest BCUT2D eigenvalue weighted by atomic mass is 19.1. The largest absolute Gasteiger partial charge is 0.454 e.